The molecule has 1 atom stereocenters. The minimum atomic E-state index is -4.44. The molecule has 6 heteroatoms. The van der Waals surface area contributed by atoms with Gasteiger partial charge >= 0.3 is 6.30 Å². The molecule has 0 radical (unpaired) electrons. The molecular formula is C7H11F3N2O. The number of amides is 1. The summed E-state index contributed by atoms with van der Waals surface area (Å²) < 4.78 is 36.8. The Balaban J connectivity index is 2.73. The molecule has 1 fully saturated rings. The molecule has 0 aromatic rings. The van der Waals surface area contributed by atoms with Gasteiger partial charge in [0, 0.05) is 6.54 Å². The van der Waals surface area contributed by atoms with E-state index in [1.165, 1.54) is 0 Å². The van der Waals surface area contributed by atoms with E-state index < -0.39 is 18.2 Å². The number of hydrogen-bond donors (Lipinski definition) is 1. The number of carbonyl (C=O) groups is 1. The normalized spacial score (nSPS) is 25.9. The molecule has 0 aliphatic carbocycles. The van der Waals surface area contributed by atoms with Crippen molar-refractivity contribution in [1.82, 2.24) is 4.90 Å². The first-order valence-electron chi connectivity index (χ1n) is 4.05. The van der Waals surface area contributed by atoms with Gasteiger partial charge in [0.2, 0.25) is 5.91 Å². The fourth-order valence-electron chi connectivity index (χ4n) is 1.53. The summed E-state index contributed by atoms with van der Waals surface area (Å²) in [6.07, 6.45) is -3.15. The number of carbonyl (C=O) groups excluding carboxylic acids is 1. The maximum Gasteiger partial charge on any atom is 0.460 e. The molecule has 0 aromatic carbocycles. The Morgan fingerprint density at radius 2 is 2.00 bits per heavy atom. The Hall–Kier alpha value is -0.780. The molecule has 1 rings (SSSR count). The predicted molar refractivity (Wildman–Crippen MR) is 39.6 cm³/mol. The second-order valence-corrected chi connectivity index (χ2v) is 3.08. The first kappa shape index (κ1) is 10.3. The minimum Gasteiger partial charge on any atom is -0.368 e. The van der Waals surface area contributed by atoms with Crippen LogP contribution in [0.1, 0.15) is 19.3 Å². The third kappa shape index (κ3) is 2.33. The lowest BCUT2D eigenvalue weighted by atomic mass is 10.0. The van der Waals surface area contributed by atoms with Crippen molar-refractivity contribution in [2.45, 2.75) is 31.6 Å². The van der Waals surface area contributed by atoms with Gasteiger partial charge in [-0.25, -0.2) is 4.90 Å². The van der Waals surface area contributed by atoms with Crippen molar-refractivity contribution in [2.24, 2.45) is 5.73 Å². The van der Waals surface area contributed by atoms with Crippen molar-refractivity contribution in [3.05, 3.63) is 0 Å². The van der Waals surface area contributed by atoms with Gasteiger partial charge in [-0.1, -0.05) is 6.42 Å². The lowest BCUT2D eigenvalue weighted by molar-refractivity contribution is -0.261. The molecule has 3 nitrogen and oxygen atoms in total. The summed E-state index contributed by atoms with van der Waals surface area (Å²) in [6, 6.07) is -1.17. The molecule has 1 aliphatic rings. The number of rotatable bonds is 1. The van der Waals surface area contributed by atoms with E-state index in [0.29, 0.717) is 12.8 Å². The Labute approximate surface area is 73.7 Å². The number of likely N-dealkylation sites (tertiary alicyclic amines) is 1. The molecule has 1 unspecified atom stereocenters. The molecule has 1 saturated heterocycles. The van der Waals surface area contributed by atoms with Crippen molar-refractivity contribution >= 4 is 5.91 Å². The molecular weight excluding hydrogens is 185 g/mol. The molecule has 0 spiro atoms. The number of halogens is 3. The van der Waals surface area contributed by atoms with Crippen molar-refractivity contribution in [2.75, 3.05) is 6.54 Å². The maximum absolute atomic E-state index is 12.3. The largest absolute Gasteiger partial charge is 0.460 e. The molecule has 1 amide bonds. The van der Waals surface area contributed by atoms with Crippen LogP contribution in [0.15, 0.2) is 0 Å². The fourth-order valence-corrected chi connectivity index (χ4v) is 1.53. The highest BCUT2D eigenvalue weighted by atomic mass is 19.4. The van der Waals surface area contributed by atoms with Gasteiger partial charge < -0.3 is 5.73 Å². The summed E-state index contributed by atoms with van der Waals surface area (Å²) in [5.41, 5.74) is 4.87. The van der Waals surface area contributed by atoms with E-state index in [0.717, 1.165) is 0 Å². The third-order valence-electron chi connectivity index (χ3n) is 2.16. The molecule has 0 aromatic heterocycles. The van der Waals surface area contributed by atoms with Crippen LogP contribution in [-0.2, 0) is 4.79 Å². The number of nitrogens with zero attached hydrogens (tertiary/aromatic N) is 1. The van der Waals surface area contributed by atoms with Crippen LogP contribution in [0.25, 0.3) is 0 Å². The monoisotopic (exact) mass is 196 g/mol. The van der Waals surface area contributed by atoms with E-state index in [2.05, 4.69) is 0 Å². The van der Waals surface area contributed by atoms with Crippen molar-refractivity contribution < 1.29 is 18.0 Å². The van der Waals surface area contributed by atoms with Gasteiger partial charge in [0.1, 0.15) is 0 Å². The molecule has 76 valence electrons. The van der Waals surface area contributed by atoms with Gasteiger partial charge in [-0.15, -0.1) is 0 Å². The van der Waals surface area contributed by atoms with Gasteiger partial charge in [0.25, 0.3) is 0 Å². The number of hydrogen-bond acceptors (Lipinski definition) is 2. The van der Waals surface area contributed by atoms with Gasteiger partial charge in [0.15, 0.2) is 0 Å². The zero-order valence-corrected chi connectivity index (χ0v) is 6.97. The third-order valence-corrected chi connectivity index (χ3v) is 2.16. The second kappa shape index (κ2) is 3.53. The summed E-state index contributed by atoms with van der Waals surface area (Å²) in [5, 5.41) is 0. The maximum atomic E-state index is 12.3. The average molecular weight is 196 g/mol. The summed E-state index contributed by atoms with van der Waals surface area (Å²) in [4.78, 5) is 10.9. The van der Waals surface area contributed by atoms with Crippen molar-refractivity contribution in [1.29, 1.82) is 0 Å². The van der Waals surface area contributed by atoms with Crippen LogP contribution >= 0.6 is 0 Å². The average Bonchev–Trinajstić information content (AvgIpc) is 2.03. The molecule has 13 heavy (non-hydrogen) atoms. The lowest BCUT2D eigenvalue weighted by Gasteiger charge is -2.34. The van der Waals surface area contributed by atoms with E-state index in [1.54, 1.807) is 0 Å². The summed E-state index contributed by atoms with van der Waals surface area (Å²) in [5.74, 6) is -0.892. The van der Waals surface area contributed by atoms with Gasteiger partial charge in [-0.3, -0.25) is 4.79 Å². The molecule has 0 saturated carbocycles. The number of primary amides is 1. The first-order chi connectivity index (χ1) is 5.93. The van der Waals surface area contributed by atoms with Crippen LogP contribution < -0.4 is 5.73 Å². The number of nitrogens with two attached hydrogens (primary N) is 1. The van der Waals surface area contributed by atoms with Crippen LogP contribution in [0.4, 0.5) is 13.2 Å². The molecule has 2 N–H and O–H groups in total. The zero-order valence-electron chi connectivity index (χ0n) is 6.97. The topological polar surface area (TPSA) is 46.3 Å². The molecule has 1 heterocycles. The highest BCUT2D eigenvalue weighted by Crippen LogP contribution is 2.29. The Bertz CT molecular complexity index is 204. The zero-order chi connectivity index (χ0) is 10.1. The van der Waals surface area contributed by atoms with Gasteiger partial charge in [0.05, 0.1) is 6.04 Å². The lowest BCUT2D eigenvalue weighted by Crippen LogP contribution is -2.53. The Morgan fingerprint density at radius 1 is 1.38 bits per heavy atom. The predicted octanol–water partition coefficient (Wildman–Crippen LogP) is 0.846. The van der Waals surface area contributed by atoms with E-state index in [4.69, 9.17) is 5.73 Å². The Morgan fingerprint density at radius 3 is 2.38 bits per heavy atom. The van der Waals surface area contributed by atoms with Crippen LogP contribution in [0.5, 0.6) is 0 Å². The summed E-state index contributed by atoms with van der Waals surface area (Å²) in [6.45, 7) is -0.128. The van der Waals surface area contributed by atoms with E-state index in [-0.39, 0.29) is 17.9 Å². The van der Waals surface area contributed by atoms with Crippen LogP contribution in [-0.4, -0.2) is 29.7 Å². The van der Waals surface area contributed by atoms with Crippen LogP contribution in [0.3, 0.4) is 0 Å². The Kier molecular flexibility index (Phi) is 2.80. The van der Waals surface area contributed by atoms with E-state index in [1.807, 2.05) is 0 Å². The van der Waals surface area contributed by atoms with E-state index >= 15 is 0 Å². The van der Waals surface area contributed by atoms with Crippen LogP contribution in [0, 0.1) is 0 Å². The first-order valence-corrected chi connectivity index (χ1v) is 4.05. The van der Waals surface area contributed by atoms with E-state index in [9.17, 15) is 18.0 Å². The van der Waals surface area contributed by atoms with Gasteiger partial charge in [-0.2, -0.15) is 13.2 Å². The smallest absolute Gasteiger partial charge is 0.368 e. The summed E-state index contributed by atoms with van der Waals surface area (Å²) >= 11 is 0. The highest BCUT2D eigenvalue weighted by molar-refractivity contribution is 5.79. The molecule has 1 aliphatic heterocycles. The summed E-state index contributed by atoms with van der Waals surface area (Å²) in [7, 11) is 0. The van der Waals surface area contributed by atoms with Crippen molar-refractivity contribution in [3.63, 3.8) is 0 Å². The molecule has 0 bridgehead atoms. The van der Waals surface area contributed by atoms with Crippen molar-refractivity contribution in [3.8, 4) is 0 Å². The SMILES string of the molecule is NC(=O)C1CCCCN1C(F)(F)F. The highest BCUT2D eigenvalue weighted by Gasteiger charge is 2.44. The number of piperidine rings is 1. The number of alkyl halides is 3. The minimum absolute atomic E-state index is 0.128. The van der Waals surface area contributed by atoms with Gasteiger partial charge in [-0.05, 0) is 12.8 Å². The standard InChI is InChI=1S/C7H11F3N2O/c8-7(9,10)12-4-2-1-3-5(12)6(11)13/h5H,1-4H2,(H2,11,13). The van der Waals surface area contributed by atoms with Crippen LogP contribution in [0.2, 0.25) is 0 Å². The second-order valence-electron chi connectivity index (χ2n) is 3.08. The fraction of sp³-hybridized carbons (Fsp3) is 0.857. The quantitative estimate of drug-likeness (QED) is 0.632.